The van der Waals surface area contributed by atoms with Crippen LogP contribution in [0.5, 0.6) is 69.0 Å². The molecule has 4 atom stereocenters. The van der Waals surface area contributed by atoms with Gasteiger partial charge in [-0.15, -0.1) is 0 Å². The molecule has 0 fully saturated rings. The second kappa shape index (κ2) is 24.7. The van der Waals surface area contributed by atoms with E-state index in [1.54, 1.807) is 0 Å². The Kier molecular flexibility index (Phi) is 16.5. The van der Waals surface area contributed by atoms with Gasteiger partial charge in [-0.3, -0.25) is 0 Å². The minimum atomic E-state index is -1.05. The van der Waals surface area contributed by atoms with E-state index in [4.69, 9.17) is 33.2 Å². The number of ether oxygens (including phenoxy) is 7. The van der Waals surface area contributed by atoms with Crippen LogP contribution in [0.25, 0.3) is 0 Å². The maximum absolute atomic E-state index is 11.9. The quantitative estimate of drug-likeness (QED) is 0.0424. The highest BCUT2D eigenvalue weighted by molar-refractivity contribution is 5.58. The largest absolute Gasteiger partial charge is 0.508 e. The van der Waals surface area contributed by atoms with E-state index >= 15 is 0 Å². The number of hydrogen-bond donors (Lipinski definition) is 7. The number of aromatic hydroxyl groups is 5. The van der Waals surface area contributed by atoms with Gasteiger partial charge in [0.15, 0.2) is 41.0 Å². The molecule has 0 spiro atoms. The maximum Gasteiger partial charge on any atom is 0.203 e. The molecule has 9 aromatic rings. The summed E-state index contributed by atoms with van der Waals surface area (Å²) in [6.07, 6.45) is -3.33. The Morgan fingerprint density at radius 3 is 1.20 bits per heavy atom. The van der Waals surface area contributed by atoms with Gasteiger partial charge in [0.1, 0.15) is 67.5 Å². The Balaban J connectivity index is 0.000000266. The lowest BCUT2D eigenvalue weighted by Crippen LogP contribution is -2.30. The van der Waals surface area contributed by atoms with E-state index in [1.807, 2.05) is 176 Å². The molecule has 2 aliphatic heterocycles. The number of fused-ring (bicyclic) bond motifs is 2. The van der Waals surface area contributed by atoms with Crippen LogP contribution in [-0.2, 0) is 45.9 Å². The predicted octanol–water partition coefficient (Wildman–Crippen LogP) is 11.9. The molecule has 79 heavy (non-hydrogen) atoms. The fourth-order valence-electron chi connectivity index (χ4n) is 9.27. The number of aliphatic hydroxyl groups is 2. The molecule has 11 rings (SSSR count). The van der Waals surface area contributed by atoms with Crippen LogP contribution in [0.2, 0.25) is 0 Å². The van der Waals surface area contributed by atoms with Crippen molar-refractivity contribution in [3.63, 3.8) is 0 Å². The van der Waals surface area contributed by atoms with Crippen LogP contribution in [0.4, 0.5) is 0 Å². The molecule has 0 unspecified atom stereocenters. The van der Waals surface area contributed by atoms with Crippen molar-refractivity contribution < 1.29 is 68.9 Å². The molecule has 402 valence electrons. The minimum absolute atomic E-state index is 0.0640. The first-order valence-electron chi connectivity index (χ1n) is 25.7. The maximum atomic E-state index is 11.9. The van der Waals surface area contributed by atoms with E-state index < -0.39 is 41.7 Å². The van der Waals surface area contributed by atoms with Gasteiger partial charge < -0.3 is 68.9 Å². The summed E-state index contributed by atoms with van der Waals surface area (Å²) < 4.78 is 44.7. The lowest BCUT2D eigenvalue weighted by molar-refractivity contribution is 0.0191. The molecule has 2 aliphatic rings. The van der Waals surface area contributed by atoms with Gasteiger partial charge in [-0.05, 0) is 52.1 Å². The highest BCUT2D eigenvalue weighted by Crippen LogP contribution is 2.48. The van der Waals surface area contributed by atoms with Gasteiger partial charge in [-0.25, -0.2) is 0 Å². The van der Waals surface area contributed by atoms with Gasteiger partial charge in [0.2, 0.25) is 5.75 Å². The monoisotopic (exact) mass is 1060 g/mol. The fraction of sp³-hybridized carbons (Fsp3) is 0.169. The van der Waals surface area contributed by atoms with Gasteiger partial charge in [0.25, 0.3) is 0 Å². The van der Waals surface area contributed by atoms with Crippen molar-refractivity contribution in [3.05, 3.63) is 250 Å². The molecular weight excluding hydrogens is 1000 g/mol. The Hall–Kier alpha value is -9.50. The van der Waals surface area contributed by atoms with E-state index in [2.05, 4.69) is 0 Å². The van der Waals surface area contributed by atoms with Gasteiger partial charge in [0.05, 0.1) is 12.2 Å². The summed E-state index contributed by atoms with van der Waals surface area (Å²) in [6, 6.07) is 62.2. The van der Waals surface area contributed by atoms with Crippen molar-refractivity contribution >= 4 is 0 Å². The van der Waals surface area contributed by atoms with Gasteiger partial charge in [0, 0.05) is 59.4 Å². The molecule has 0 aromatic heterocycles. The number of phenols is 5. The van der Waals surface area contributed by atoms with Crippen LogP contribution in [-0.4, -0.2) is 48.0 Å². The highest BCUT2D eigenvalue weighted by atomic mass is 16.5. The third-order valence-corrected chi connectivity index (χ3v) is 13.3. The van der Waals surface area contributed by atoms with Crippen molar-refractivity contribution in [1.82, 2.24) is 0 Å². The van der Waals surface area contributed by atoms with Crippen molar-refractivity contribution in [1.29, 1.82) is 0 Å². The van der Waals surface area contributed by atoms with Crippen molar-refractivity contribution in [2.45, 2.75) is 70.3 Å². The van der Waals surface area contributed by atoms with Crippen LogP contribution in [0.1, 0.15) is 62.3 Å². The summed E-state index contributed by atoms with van der Waals surface area (Å²) >= 11 is 0. The zero-order valence-electron chi connectivity index (χ0n) is 42.8. The second-order valence-corrected chi connectivity index (χ2v) is 19.1. The zero-order valence-corrected chi connectivity index (χ0v) is 42.8. The van der Waals surface area contributed by atoms with Crippen LogP contribution in [0.15, 0.2) is 200 Å². The van der Waals surface area contributed by atoms with Crippen LogP contribution < -0.4 is 33.2 Å². The first-order valence-corrected chi connectivity index (χ1v) is 25.7. The average Bonchev–Trinajstić information content (AvgIpc) is 3.47. The highest BCUT2D eigenvalue weighted by Gasteiger charge is 2.36. The smallest absolute Gasteiger partial charge is 0.203 e. The molecular formula is C65H58O14. The molecule has 7 N–H and O–H groups in total. The topological polar surface area (TPSA) is 206 Å². The molecule has 0 aliphatic carbocycles. The number of aliphatic hydroxyl groups excluding tert-OH is 2. The average molecular weight is 1060 g/mol. The molecule has 2 heterocycles. The van der Waals surface area contributed by atoms with Gasteiger partial charge in [-0.1, -0.05) is 152 Å². The van der Waals surface area contributed by atoms with Crippen LogP contribution >= 0.6 is 0 Å². The predicted molar refractivity (Wildman–Crippen MR) is 294 cm³/mol. The Bertz CT molecular complexity index is 3370. The molecule has 0 amide bonds. The molecule has 0 saturated heterocycles. The van der Waals surface area contributed by atoms with E-state index in [0.29, 0.717) is 78.7 Å². The normalized spacial score (nSPS) is 16.1. The van der Waals surface area contributed by atoms with E-state index in [-0.39, 0.29) is 35.7 Å². The molecule has 14 heteroatoms. The molecule has 0 radical (unpaired) electrons. The van der Waals surface area contributed by atoms with Gasteiger partial charge in [-0.2, -0.15) is 0 Å². The number of rotatable bonds is 17. The van der Waals surface area contributed by atoms with Crippen LogP contribution in [0.3, 0.4) is 0 Å². The van der Waals surface area contributed by atoms with Crippen molar-refractivity contribution in [2.24, 2.45) is 0 Å². The van der Waals surface area contributed by atoms with E-state index in [1.165, 1.54) is 6.07 Å². The first-order chi connectivity index (χ1) is 38.5. The summed E-state index contributed by atoms with van der Waals surface area (Å²) in [6.45, 7) is 1.62. The van der Waals surface area contributed by atoms with Gasteiger partial charge >= 0.3 is 0 Å². The lowest BCUT2D eigenvalue weighted by Gasteiger charge is -2.33. The van der Waals surface area contributed by atoms with Crippen molar-refractivity contribution in [3.8, 4) is 69.0 Å². The van der Waals surface area contributed by atoms with Crippen molar-refractivity contribution in [2.75, 3.05) is 0 Å². The molecule has 0 bridgehead atoms. The summed E-state index contributed by atoms with van der Waals surface area (Å²) in [7, 11) is 0. The molecule has 9 aromatic carbocycles. The Morgan fingerprint density at radius 2 is 0.747 bits per heavy atom. The minimum Gasteiger partial charge on any atom is -0.508 e. The third kappa shape index (κ3) is 13.2. The first kappa shape index (κ1) is 52.9. The third-order valence-electron chi connectivity index (χ3n) is 13.3. The number of hydrogen-bond acceptors (Lipinski definition) is 14. The zero-order chi connectivity index (χ0) is 54.7. The Labute approximate surface area is 456 Å². The SMILES string of the molecule is O[C@@H]1Cc2c(OCc3ccccc3)cc(OCc3ccccc3)cc2O[C@H]1c1cc(OCc2ccccc2)c(OCc2ccccc2)c(OCc2ccccc2)c1.Oc1cc(O)c2c(c1)O[C@@H](c1cc(O)c(O)c(O)c1)[C@H](O)C2. The summed E-state index contributed by atoms with van der Waals surface area (Å²) in [5.41, 5.74) is 7.11. The Morgan fingerprint density at radius 1 is 0.367 bits per heavy atom. The number of phenolic OH excluding ortho intramolecular Hbond substituents is 5. The standard InChI is InChI=1S/C50H44O7.C15H14O7/c51-44-30-43-45(53-32-37-18-8-2-9-19-37)28-42(52-31-36-16-6-1-7-17-36)29-46(43)57-49(44)41-26-47(54-33-38-20-10-3-11-21-38)50(56-35-40-24-14-5-15-25-40)48(27-41)55-34-39-22-12-4-13-23-39;16-7-3-9(17)8-5-12(20)15(22-13(8)4-7)6-1-10(18)14(21)11(19)2-6/h1-29,44,49,51H,30-35H2;1-4,12,15-21H,5H2/t44-,49+;12-,15+/m11/s1. The number of benzene rings is 9. The second-order valence-electron chi connectivity index (χ2n) is 19.1. The summed E-state index contributed by atoms with van der Waals surface area (Å²) in [5, 5.41) is 69.8. The molecule has 14 nitrogen and oxygen atoms in total. The van der Waals surface area contributed by atoms with E-state index in [9.17, 15) is 35.7 Å². The lowest BCUT2D eigenvalue weighted by atomic mass is 9.93. The summed E-state index contributed by atoms with van der Waals surface area (Å²) in [5.74, 6) is 1.24. The summed E-state index contributed by atoms with van der Waals surface area (Å²) in [4.78, 5) is 0. The molecule has 0 saturated carbocycles. The van der Waals surface area contributed by atoms with Crippen LogP contribution in [0, 0.1) is 0 Å². The fourth-order valence-corrected chi connectivity index (χ4v) is 9.27. The van der Waals surface area contributed by atoms with E-state index in [0.717, 1.165) is 51.6 Å².